The third kappa shape index (κ3) is 9.24. The number of allylic oxidation sites excluding steroid dienone is 4. The van der Waals surface area contributed by atoms with Gasteiger partial charge in [0.1, 0.15) is 0 Å². The summed E-state index contributed by atoms with van der Waals surface area (Å²) in [4.78, 5) is 12.3. The summed E-state index contributed by atoms with van der Waals surface area (Å²) in [5.74, 6) is 0.900. The summed E-state index contributed by atoms with van der Waals surface area (Å²) in [5.41, 5.74) is 0. The van der Waals surface area contributed by atoms with Crippen molar-refractivity contribution in [2.24, 2.45) is 11.8 Å². The first-order valence-electron chi connectivity index (χ1n) is 9.37. The number of carboxylic acid groups (broad SMARTS) is 1. The molecule has 1 unspecified atom stereocenters. The van der Waals surface area contributed by atoms with Crippen LogP contribution in [0.1, 0.15) is 78.1 Å². The molecule has 1 aliphatic carbocycles. The Morgan fingerprint density at radius 3 is 2.91 bits per heavy atom. The Balaban J connectivity index is 2.13. The third-order valence-electron chi connectivity index (χ3n) is 4.50. The predicted molar refractivity (Wildman–Crippen MR) is 102 cm³/mol. The summed E-state index contributed by atoms with van der Waals surface area (Å²) in [6, 6.07) is 0. The number of hydrogen-bond acceptors (Lipinski definition) is 2. The highest BCUT2D eigenvalue weighted by atomic mass is 32.2. The molecule has 1 N–H and O–H groups in total. The second kappa shape index (κ2) is 12.7. The average molecular weight is 339 g/mol. The number of unbranched alkanes of at least 4 members (excludes halogenated alkanes) is 5. The molecule has 0 radical (unpaired) electrons. The summed E-state index contributed by atoms with van der Waals surface area (Å²) in [7, 11) is 0. The molecule has 0 aromatic rings. The minimum atomic E-state index is -0.666. The maximum atomic E-state index is 10.8. The largest absolute Gasteiger partial charge is 0.481 e. The molecule has 2 atom stereocenters. The molecular formula is C20H34O2S. The number of aliphatic carboxylic acids is 1. The van der Waals surface area contributed by atoms with Gasteiger partial charge in [0.05, 0.1) is 5.92 Å². The Hall–Kier alpha value is -0.700. The van der Waals surface area contributed by atoms with Crippen LogP contribution in [0.5, 0.6) is 0 Å². The molecule has 0 aromatic carbocycles. The molecule has 0 amide bonds. The van der Waals surface area contributed by atoms with Crippen molar-refractivity contribution in [2.45, 2.75) is 78.1 Å². The van der Waals surface area contributed by atoms with Gasteiger partial charge in [-0.3, -0.25) is 4.79 Å². The van der Waals surface area contributed by atoms with Crippen LogP contribution in [0, 0.1) is 11.8 Å². The van der Waals surface area contributed by atoms with E-state index in [2.05, 4.69) is 25.2 Å². The molecule has 23 heavy (non-hydrogen) atoms. The SMILES string of the molecule is CCCCCCC=C[C@H]1CCC=C1SCCCCC(C)C(=O)O. The van der Waals surface area contributed by atoms with Crippen molar-refractivity contribution in [2.75, 3.05) is 5.75 Å². The zero-order valence-electron chi connectivity index (χ0n) is 14.9. The highest BCUT2D eigenvalue weighted by Crippen LogP contribution is 2.36. The predicted octanol–water partition coefficient (Wildman–Crippen LogP) is 6.43. The van der Waals surface area contributed by atoms with Crippen molar-refractivity contribution in [3.8, 4) is 0 Å². The fraction of sp³-hybridized carbons (Fsp3) is 0.750. The van der Waals surface area contributed by atoms with Gasteiger partial charge in [0.2, 0.25) is 0 Å². The van der Waals surface area contributed by atoms with Crippen LogP contribution < -0.4 is 0 Å². The minimum Gasteiger partial charge on any atom is -0.481 e. The van der Waals surface area contributed by atoms with Crippen molar-refractivity contribution in [1.29, 1.82) is 0 Å². The van der Waals surface area contributed by atoms with E-state index in [1.807, 2.05) is 11.8 Å². The normalized spacial score (nSPS) is 19.2. The van der Waals surface area contributed by atoms with Gasteiger partial charge in [-0.1, -0.05) is 57.8 Å². The van der Waals surface area contributed by atoms with E-state index in [-0.39, 0.29) is 5.92 Å². The van der Waals surface area contributed by atoms with Gasteiger partial charge >= 0.3 is 5.97 Å². The Bertz CT molecular complexity index is 387. The van der Waals surface area contributed by atoms with Crippen LogP contribution >= 0.6 is 11.8 Å². The standard InChI is InChI=1S/C20H34O2S/c1-3-4-5-6-7-8-13-18-14-11-15-19(18)23-16-10-9-12-17(2)20(21)22/h8,13,15,17-18H,3-7,9-12,14,16H2,1-2H3,(H,21,22)/t17?,18-/m0/s1. The average Bonchev–Trinajstić information content (AvgIpc) is 2.97. The number of rotatable bonds is 13. The highest BCUT2D eigenvalue weighted by Gasteiger charge is 2.16. The summed E-state index contributed by atoms with van der Waals surface area (Å²) < 4.78 is 0. The molecule has 0 heterocycles. The van der Waals surface area contributed by atoms with Gasteiger partial charge in [-0.05, 0) is 49.2 Å². The van der Waals surface area contributed by atoms with Crippen LogP contribution in [0.2, 0.25) is 0 Å². The molecular weight excluding hydrogens is 304 g/mol. The van der Waals surface area contributed by atoms with Gasteiger partial charge in [0.25, 0.3) is 0 Å². The Morgan fingerprint density at radius 2 is 2.17 bits per heavy atom. The van der Waals surface area contributed by atoms with Crippen LogP contribution in [-0.4, -0.2) is 16.8 Å². The number of carboxylic acids is 1. The van der Waals surface area contributed by atoms with Gasteiger partial charge < -0.3 is 5.11 Å². The first-order valence-corrected chi connectivity index (χ1v) is 10.4. The zero-order chi connectivity index (χ0) is 16.9. The van der Waals surface area contributed by atoms with Gasteiger partial charge in [-0.15, -0.1) is 11.8 Å². The van der Waals surface area contributed by atoms with Crippen LogP contribution in [0.3, 0.4) is 0 Å². The van der Waals surface area contributed by atoms with Crippen LogP contribution in [0.15, 0.2) is 23.1 Å². The molecule has 0 aromatic heterocycles. The van der Waals surface area contributed by atoms with E-state index in [9.17, 15) is 4.79 Å². The smallest absolute Gasteiger partial charge is 0.306 e. The first kappa shape index (κ1) is 20.3. The summed E-state index contributed by atoms with van der Waals surface area (Å²) in [6.45, 7) is 4.06. The number of hydrogen-bond donors (Lipinski definition) is 1. The monoisotopic (exact) mass is 338 g/mol. The zero-order valence-corrected chi connectivity index (χ0v) is 15.7. The second-order valence-electron chi connectivity index (χ2n) is 6.65. The van der Waals surface area contributed by atoms with Gasteiger partial charge in [0, 0.05) is 5.92 Å². The van der Waals surface area contributed by atoms with E-state index in [0.29, 0.717) is 5.92 Å². The van der Waals surface area contributed by atoms with E-state index in [4.69, 9.17) is 5.11 Å². The first-order chi connectivity index (χ1) is 11.1. The molecule has 1 aliphatic rings. The topological polar surface area (TPSA) is 37.3 Å². The Morgan fingerprint density at radius 1 is 1.35 bits per heavy atom. The fourth-order valence-electron chi connectivity index (χ4n) is 2.87. The summed E-state index contributed by atoms with van der Waals surface area (Å²) in [5, 5.41) is 8.87. The van der Waals surface area contributed by atoms with Crippen LogP contribution in [0.25, 0.3) is 0 Å². The number of thioether (sulfide) groups is 1. The van der Waals surface area contributed by atoms with E-state index >= 15 is 0 Å². The summed E-state index contributed by atoms with van der Waals surface area (Å²) in [6.07, 6.45) is 19.2. The molecule has 0 bridgehead atoms. The molecule has 3 heteroatoms. The van der Waals surface area contributed by atoms with Gasteiger partial charge in [-0.25, -0.2) is 0 Å². The van der Waals surface area contributed by atoms with E-state index in [0.717, 1.165) is 25.0 Å². The third-order valence-corrected chi connectivity index (χ3v) is 5.80. The molecule has 0 aliphatic heterocycles. The molecule has 2 nitrogen and oxygen atoms in total. The van der Waals surface area contributed by atoms with Crippen LogP contribution in [-0.2, 0) is 4.79 Å². The Labute approximate surface area is 146 Å². The highest BCUT2D eigenvalue weighted by molar-refractivity contribution is 8.03. The van der Waals surface area contributed by atoms with Crippen molar-refractivity contribution in [3.05, 3.63) is 23.1 Å². The molecule has 0 fully saturated rings. The van der Waals surface area contributed by atoms with Gasteiger partial charge in [-0.2, -0.15) is 0 Å². The lowest BCUT2D eigenvalue weighted by Gasteiger charge is -2.11. The van der Waals surface area contributed by atoms with Gasteiger partial charge in [0.15, 0.2) is 0 Å². The van der Waals surface area contributed by atoms with Crippen molar-refractivity contribution < 1.29 is 9.90 Å². The van der Waals surface area contributed by atoms with Crippen molar-refractivity contribution >= 4 is 17.7 Å². The maximum Gasteiger partial charge on any atom is 0.306 e. The molecule has 0 saturated heterocycles. The van der Waals surface area contributed by atoms with Crippen LogP contribution in [0.4, 0.5) is 0 Å². The lowest BCUT2D eigenvalue weighted by Crippen LogP contribution is -2.08. The quantitative estimate of drug-likeness (QED) is 0.310. The van der Waals surface area contributed by atoms with E-state index in [1.165, 1.54) is 44.9 Å². The number of carbonyl (C=O) groups is 1. The molecule has 0 saturated carbocycles. The van der Waals surface area contributed by atoms with Crippen molar-refractivity contribution in [1.82, 2.24) is 0 Å². The summed E-state index contributed by atoms with van der Waals surface area (Å²) >= 11 is 1.99. The lowest BCUT2D eigenvalue weighted by molar-refractivity contribution is -0.141. The Kier molecular flexibility index (Phi) is 11.2. The molecule has 132 valence electrons. The molecule has 0 spiro atoms. The second-order valence-corrected chi connectivity index (χ2v) is 7.82. The minimum absolute atomic E-state index is 0.200. The maximum absolute atomic E-state index is 10.8. The van der Waals surface area contributed by atoms with Crippen molar-refractivity contribution in [3.63, 3.8) is 0 Å². The molecule has 1 rings (SSSR count). The fourth-order valence-corrected chi connectivity index (χ4v) is 4.10. The van der Waals surface area contributed by atoms with E-state index < -0.39 is 5.97 Å². The lowest BCUT2D eigenvalue weighted by atomic mass is 10.1. The van der Waals surface area contributed by atoms with E-state index in [1.54, 1.807) is 11.8 Å².